The first-order valence-corrected chi connectivity index (χ1v) is 8.29. The minimum Gasteiger partial charge on any atom is -0.488 e. The number of aliphatic hydroxyl groups excluding tert-OH is 1. The fourth-order valence-electron chi connectivity index (χ4n) is 2.40. The third-order valence-corrected chi connectivity index (χ3v) is 4.49. The number of rotatable bonds is 6. The molecule has 3 rings (SSSR count). The molecule has 0 aliphatic rings. The minimum atomic E-state index is -0.589. The van der Waals surface area contributed by atoms with Gasteiger partial charge < -0.3 is 9.84 Å². The van der Waals surface area contributed by atoms with Gasteiger partial charge >= 0.3 is 0 Å². The van der Waals surface area contributed by atoms with Gasteiger partial charge in [0.25, 0.3) is 17.5 Å². The van der Waals surface area contributed by atoms with Crippen LogP contribution in [0.5, 0.6) is 5.75 Å². The van der Waals surface area contributed by atoms with Crippen LogP contribution in [0.4, 0.5) is 11.6 Å². The van der Waals surface area contributed by atoms with E-state index in [1.165, 1.54) is 6.07 Å². The van der Waals surface area contributed by atoms with Gasteiger partial charge in [-0.1, -0.05) is 5.10 Å². The molecule has 3 aromatic rings. The number of aromatic amines is 1. The molecule has 2 heterocycles. The van der Waals surface area contributed by atoms with Crippen LogP contribution in [-0.4, -0.2) is 42.7 Å². The zero-order chi connectivity index (χ0) is 18.8. The molecule has 1 aromatic carbocycles. The van der Waals surface area contributed by atoms with Gasteiger partial charge in [-0.05, 0) is 31.2 Å². The summed E-state index contributed by atoms with van der Waals surface area (Å²) in [6.07, 6.45) is -0.332. The van der Waals surface area contributed by atoms with Crippen LogP contribution in [-0.2, 0) is 6.61 Å². The van der Waals surface area contributed by atoms with Gasteiger partial charge in [0.15, 0.2) is 5.75 Å². The predicted octanol–water partition coefficient (Wildman–Crippen LogP) is 1.85. The lowest BCUT2D eigenvalue weighted by atomic mass is 10.1. The molecule has 0 saturated carbocycles. The van der Waals surface area contributed by atoms with Gasteiger partial charge in [0, 0.05) is 4.70 Å². The zero-order valence-electron chi connectivity index (χ0n) is 13.7. The van der Waals surface area contributed by atoms with Gasteiger partial charge in [-0.2, -0.15) is 5.21 Å². The number of carbonyl (C=O) groups is 1. The fraction of sp³-hybridized carbons (Fsp3) is 0.286. The number of thiophene rings is 1. The number of aliphatic hydroxyl groups is 1. The van der Waals surface area contributed by atoms with Crippen LogP contribution in [0.15, 0.2) is 12.1 Å². The summed E-state index contributed by atoms with van der Waals surface area (Å²) in [5.74, 6) is -0.528. The second-order valence-electron chi connectivity index (χ2n) is 5.48. The van der Waals surface area contributed by atoms with Gasteiger partial charge in [0.1, 0.15) is 10.3 Å². The van der Waals surface area contributed by atoms with Crippen molar-refractivity contribution in [3.63, 3.8) is 0 Å². The van der Waals surface area contributed by atoms with Crippen LogP contribution in [0.3, 0.4) is 0 Å². The van der Waals surface area contributed by atoms with Crippen LogP contribution < -0.4 is 10.1 Å². The van der Waals surface area contributed by atoms with Crippen LogP contribution in [0.1, 0.15) is 29.1 Å². The van der Waals surface area contributed by atoms with Crippen molar-refractivity contribution in [3.8, 4) is 5.75 Å². The molecular weight excluding hydrogens is 364 g/mol. The molecule has 0 radical (unpaired) electrons. The summed E-state index contributed by atoms with van der Waals surface area (Å²) in [5.41, 5.74) is -0.144. The number of benzene rings is 1. The maximum Gasteiger partial charge on any atom is 0.287 e. The summed E-state index contributed by atoms with van der Waals surface area (Å²) in [5, 5.41) is 36.5. The van der Waals surface area contributed by atoms with E-state index < -0.39 is 17.4 Å². The van der Waals surface area contributed by atoms with Crippen LogP contribution >= 0.6 is 11.3 Å². The molecule has 0 fully saturated rings. The van der Waals surface area contributed by atoms with Crippen LogP contribution in [0.2, 0.25) is 0 Å². The molecule has 2 aromatic heterocycles. The number of carbonyl (C=O) groups excluding carboxylic acids is 1. The molecule has 0 atom stereocenters. The van der Waals surface area contributed by atoms with E-state index in [-0.39, 0.29) is 39.3 Å². The van der Waals surface area contributed by atoms with Crippen molar-refractivity contribution in [2.24, 2.45) is 0 Å². The van der Waals surface area contributed by atoms with Gasteiger partial charge in [0.2, 0.25) is 0 Å². The van der Waals surface area contributed by atoms with Gasteiger partial charge in [-0.25, -0.2) is 0 Å². The third kappa shape index (κ3) is 3.19. The van der Waals surface area contributed by atoms with Crippen molar-refractivity contribution in [1.82, 2.24) is 20.6 Å². The molecule has 26 heavy (non-hydrogen) atoms. The number of anilines is 1. The Morgan fingerprint density at radius 2 is 2.27 bits per heavy atom. The van der Waals surface area contributed by atoms with Crippen LogP contribution in [0, 0.1) is 10.1 Å². The molecule has 0 saturated heterocycles. The van der Waals surface area contributed by atoms with Crippen molar-refractivity contribution in [2.75, 3.05) is 5.32 Å². The number of aromatic nitrogens is 4. The number of amides is 1. The first-order chi connectivity index (χ1) is 12.4. The number of nitro benzene ring substituents is 1. The Morgan fingerprint density at radius 3 is 2.85 bits per heavy atom. The molecule has 0 bridgehead atoms. The Labute approximate surface area is 150 Å². The number of hydrogen-bond acceptors (Lipinski definition) is 9. The second-order valence-corrected chi connectivity index (χ2v) is 6.53. The highest BCUT2D eigenvalue weighted by Gasteiger charge is 2.29. The number of nitrogens with zero attached hydrogens (tertiary/aromatic N) is 4. The SMILES string of the molecule is CC(C)Oc1c(C(=O)Nc2nn[nH]n2)sc2ccc(CO)c([N+](=O)[O-])c12. The lowest BCUT2D eigenvalue weighted by Crippen LogP contribution is -2.15. The Balaban J connectivity index is 2.21. The molecular formula is C14H14N6O5S. The topological polar surface area (TPSA) is 156 Å². The second kappa shape index (κ2) is 7.01. The Morgan fingerprint density at radius 1 is 1.50 bits per heavy atom. The Hall–Kier alpha value is -3.12. The number of hydrogen-bond donors (Lipinski definition) is 3. The molecule has 3 N–H and O–H groups in total. The monoisotopic (exact) mass is 378 g/mol. The summed E-state index contributed by atoms with van der Waals surface area (Å²) in [4.78, 5) is 23.7. The number of fused-ring (bicyclic) bond motifs is 1. The zero-order valence-corrected chi connectivity index (χ0v) is 14.5. The average molecular weight is 378 g/mol. The van der Waals surface area contributed by atoms with E-state index in [0.29, 0.717) is 4.70 Å². The molecule has 0 aliphatic carbocycles. The highest BCUT2D eigenvalue weighted by molar-refractivity contribution is 7.21. The summed E-state index contributed by atoms with van der Waals surface area (Å²) in [7, 11) is 0. The first-order valence-electron chi connectivity index (χ1n) is 7.47. The molecule has 1 amide bonds. The van der Waals surface area contributed by atoms with E-state index >= 15 is 0 Å². The predicted molar refractivity (Wildman–Crippen MR) is 92.3 cm³/mol. The Kier molecular flexibility index (Phi) is 4.77. The highest BCUT2D eigenvalue weighted by atomic mass is 32.1. The third-order valence-electron chi connectivity index (χ3n) is 3.35. The van der Waals surface area contributed by atoms with E-state index in [1.54, 1.807) is 19.9 Å². The van der Waals surface area contributed by atoms with Crippen molar-refractivity contribution in [1.29, 1.82) is 0 Å². The van der Waals surface area contributed by atoms with Gasteiger partial charge in [-0.3, -0.25) is 20.2 Å². The van der Waals surface area contributed by atoms with Crippen molar-refractivity contribution in [3.05, 3.63) is 32.7 Å². The fourth-order valence-corrected chi connectivity index (χ4v) is 3.43. The van der Waals surface area contributed by atoms with E-state index in [1.807, 2.05) is 0 Å². The van der Waals surface area contributed by atoms with Gasteiger partial charge in [-0.15, -0.1) is 16.4 Å². The molecule has 0 aliphatic heterocycles. The molecule has 11 nitrogen and oxygen atoms in total. The minimum absolute atomic E-state index is 0.0338. The standard InChI is InChI=1S/C14H14N6O5S/c1-6(2)25-11-9-8(4-3-7(5-21)10(9)20(23)24)26-12(11)13(22)15-14-16-18-19-17-14/h3-4,6,21H,5H2,1-2H3,(H2,15,16,17,18,19,22). The number of nitrogens with one attached hydrogen (secondary N) is 2. The molecule has 136 valence electrons. The maximum absolute atomic E-state index is 12.6. The quantitative estimate of drug-likeness (QED) is 0.433. The molecule has 0 spiro atoms. The van der Waals surface area contributed by atoms with Crippen molar-refractivity contribution in [2.45, 2.75) is 26.6 Å². The van der Waals surface area contributed by atoms with Crippen LogP contribution in [0.25, 0.3) is 10.1 Å². The largest absolute Gasteiger partial charge is 0.488 e. The lowest BCUT2D eigenvalue weighted by Gasteiger charge is -2.11. The van der Waals surface area contributed by atoms with Crippen molar-refractivity contribution >= 4 is 39.0 Å². The van der Waals surface area contributed by atoms with E-state index in [2.05, 4.69) is 25.9 Å². The van der Waals surface area contributed by atoms with E-state index in [9.17, 15) is 20.0 Å². The summed E-state index contributed by atoms with van der Waals surface area (Å²) < 4.78 is 6.22. The lowest BCUT2D eigenvalue weighted by molar-refractivity contribution is -0.384. The average Bonchev–Trinajstić information content (AvgIpc) is 3.21. The number of nitro groups is 1. The van der Waals surface area contributed by atoms with Crippen molar-refractivity contribution < 1.29 is 19.6 Å². The van der Waals surface area contributed by atoms with E-state index in [0.717, 1.165) is 11.3 Å². The number of tetrazole rings is 1. The number of ether oxygens (including phenoxy) is 1. The normalized spacial score (nSPS) is 11.1. The smallest absolute Gasteiger partial charge is 0.287 e. The molecule has 0 unspecified atom stereocenters. The summed E-state index contributed by atoms with van der Waals surface area (Å²) in [6, 6.07) is 3.06. The van der Waals surface area contributed by atoms with E-state index in [4.69, 9.17) is 4.74 Å². The summed E-state index contributed by atoms with van der Waals surface area (Å²) in [6.45, 7) is 2.98. The number of H-pyrrole nitrogens is 1. The summed E-state index contributed by atoms with van der Waals surface area (Å²) >= 11 is 1.04. The van der Waals surface area contributed by atoms with Gasteiger partial charge in [0.05, 0.1) is 23.2 Å². The maximum atomic E-state index is 12.6. The molecule has 12 heteroatoms. The Bertz CT molecular complexity index is 968. The first kappa shape index (κ1) is 17.7. The highest BCUT2D eigenvalue weighted by Crippen LogP contribution is 2.45.